The van der Waals surface area contributed by atoms with Gasteiger partial charge in [-0.1, -0.05) is 34.6 Å². The highest BCUT2D eigenvalue weighted by Crippen LogP contribution is 1.90. The quantitative estimate of drug-likeness (QED) is 0.801. The average molecular weight is 256 g/mol. The van der Waals surface area contributed by atoms with Crippen molar-refractivity contribution in [2.24, 2.45) is 11.8 Å². The van der Waals surface area contributed by atoms with Gasteiger partial charge in [0.05, 0.1) is 6.07 Å². The van der Waals surface area contributed by atoms with E-state index in [1.807, 2.05) is 0 Å². The number of nitrogens with one attached hydrogen (secondary N) is 1. The molecule has 0 saturated heterocycles. The van der Waals surface area contributed by atoms with Crippen molar-refractivity contribution in [3.05, 3.63) is 0 Å². The molecule has 0 aromatic heterocycles. The van der Waals surface area contributed by atoms with E-state index in [1.54, 1.807) is 19.9 Å². The number of carbonyl (C=O) groups excluding carboxylic acids is 4. The lowest BCUT2D eigenvalue weighted by Gasteiger charge is -2.02. The molecule has 2 amide bonds. The van der Waals surface area contributed by atoms with Crippen LogP contribution < -0.4 is 5.32 Å². The van der Waals surface area contributed by atoms with Crippen LogP contribution in [0.1, 0.15) is 41.0 Å². The van der Waals surface area contributed by atoms with Gasteiger partial charge >= 0.3 is 6.15 Å². The Morgan fingerprint density at radius 1 is 1.11 bits per heavy atom. The first-order chi connectivity index (χ1) is 8.22. The monoisotopic (exact) mass is 256 g/mol. The van der Waals surface area contributed by atoms with Gasteiger partial charge in [-0.15, -0.1) is 0 Å². The van der Waals surface area contributed by atoms with Gasteiger partial charge < -0.3 is 0 Å². The van der Waals surface area contributed by atoms with Crippen LogP contribution in [0.15, 0.2) is 0 Å². The second kappa shape index (κ2) is 15.0. The lowest BCUT2D eigenvalue weighted by atomic mass is 10.2. The summed E-state index contributed by atoms with van der Waals surface area (Å²) in [7, 11) is 0. The molecule has 0 aromatic rings. The molecule has 0 aliphatic rings. The highest BCUT2D eigenvalue weighted by Gasteiger charge is 2.09. The molecule has 0 atom stereocenters. The van der Waals surface area contributed by atoms with Gasteiger partial charge in [-0.3, -0.25) is 14.9 Å². The van der Waals surface area contributed by atoms with E-state index in [-0.39, 0.29) is 24.4 Å². The van der Waals surface area contributed by atoms with Crippen LogP contribution in [0.5, 0.6) is 0 Å². The molecule has 0 aliphatic heterocycles. The van der Waals surface area contributed by atoms with Crippen molar-refractivity contribution in [2.75, 3.05) is 0 Å². The molecule has 6 heteroatoms. The van der Waals surface area contributed by atoms with Crippen molar-refractivity contribution in [2.45, 2.75) is 41.0 Å². The molecular weight excluding hydrogens is 236 g/mol. The average Bonchev–Trinajstić information content (AvgIpc) is 2.17. The summed E-state index contributed by atoms with van der Waals surface area (Å²) in [5.41, 5.74) is 0. The van der Waals surface area contributed by atoms with E-state index in [9.17, 15) is 9.59 Å². The van der Waals surface area contributed by atoms with Gasteiger partial charge in [0, 0.05) is 5.92 Å². The lowest BCUT2D eigenvalue weighted by Crippen LogP contribution is -2.33. The Hall–Kier alpha value is -1.99. The smallest absolute Gasteiger partial charge is 0.295 e. The number of carbonyl (C=O) groups is 2. The summed E-state index contributed by atoms with van der Waals surface area (Å²) in [6.45, 7) is 9.85. The SMILES string of the molecule is CC(C)C.CC(C)C(=O)NC(=O)CC#N.O=C=O. The molecule has 0 bridgehead atoms. The number of hydrogen-bond donors (Lipinski definition) is 1. The Balaban J connectivity index is -0.000000266. The number of rotatable bonds is 2. The van der Waals surface area contributed by atoms with Crippen LogP contribution in [-0.2, 0) is 19.2 Å². The lowest BCUT2D eigenvalue weighted by molar-refractivity contribution is -0.191. The zero-order valence-electron chi connectivity index (χ0n) is 11.4. The molecule has 102 valence electrons. The first-order valence-electron chi connectivity index (χ1n) is 5.42. The number of nitriles is 1. The first kappa shape index (κ1) is 21.3. The van der Waals surface area contributed by atoms with Gasteiger partial charge in [0.25, 0.3) is 0 Å². The zero-order chi connectivity index (χ0) is 15.1. The van der Waals surface area contributed by atoms with E-state index < -0.39 is 5.91 Å². The van der Waals surface area contributed by atoms with E-state index in [2.05, 4.69) is 26.1 Å². The molecule has 0 fully saturated rings. The van der Waals surface area contributed by atoms with E-state index in [0.29, 0.717) is 0 Å². The second-order valence-corrected chi connectivity index (χ2v) is 4.22. The normalized spacial score (nSPS) is 7.89. The van der Waals surface area contributed by atoms with E-state index in [0.717, 1.165) is 5.92 Å². The molecule has 0 aromatic carbocycles. The fourth-order valence-corrected chi connectivity index (χ4v) is 0.398. The van der Waals surface area contributed by atoms with Gasteiger partial charge in [-0.25, -0.2) is 0 Å². The third kappa shape index (κ3) is 29.2. The van der Waals surface area contributed by atoms with E-state index in [1.165, 1.54) is 0 Å². The molecule has 0 rings (SSSR count). The fourth-order valence-electron chi connectivity index (χ4n) is 0.398. The summed E-state index contributed by atoms with van der Waals surface area (Å²) >= 11 is 0. The van der Waals surface area contributed by atoms with Crippen molar-refractivity contribution >= 4 is 18.0 Å². The molecule has 1 N–H and O–H groups in total. The second-order valence-electron chi connectivity index (χ2n) is 4.22. The predicted octanol–water partition coefficient (Wildman–Crippen LogP) is 1.28. The minimum atomic E-state index is -0.536. The Bertz CT molecular complexity index is 308. The summed E-state index contributed by atoms with van der Waals surface area (Å²) in [6, 6.07) is 1.65. The molecule has 6 nitrogen and oxygen atoms in total. The number of hydrogen-bond acceptors (Lipinski definition) is 5. The molecule has 18 heavy (non-hydrogen) atoms. The fraction of sp³-hybridized carbons (Fsp3) is 0.667. The van der Waals surface area contributed by atoms with E-state index >= 15 is 0 Å². The molecule has 0 unspecified atom stereocenters. The molecule has 0 aliphatic carbocycles. The third-order valence-electron chi connectivity index (χ3n) is 1.03. The maximum absolute atomic E-state index is 10.8. The van der Waals surface area contributed by atoms with Gasteiger partial charge in [0.1, 0.15) is 6.42 Å². The van der Waals surface area contributed by atoms with Gasteiger partial charge in [-0.05, 0) is 5.92 Å². The summed E-state index contributed by atoms with van der Waals surface area (Å²) in [5, 5.41) is 10.1. The van der Waals surface area contributed by atoms with Crippen molar-refractivity contribution in [3.63, 3.8) is 0 Å². The maximum Gasteiger partial charge on any atom is 0.373 e. The zero-order valence-corrected chi connectivity index (χ0v) is 11.4. The summed E-state index contributed by atoms with van der Waals surface area (Å²) < 4.78 is 0. The molecular formula is C12H20N2O4. The summed E-state index contributed by atoms with van der Waals surface area (Å²) in [5.74, 6) is -0.269. The van der Waals surface area contributed by atoms with Gasteiger partial charge in [-0.2, -0.15) is 14.9 Å². The molecule has 0 radical (unpaired) electrons. The van der Waals surface area contributed by atoms with E-state index in [4.69, 9.17) is 14.9 Å². The standard InChI is InChI=1S/C7H10N2O2.C4H10.CO2/c1-5(2)7(11)9-6(10)3-4-8;1-4(2)3;2-1-3/h5H,3H2,1-2H3,(H,9,10,11);4H,1-3H3;. The third-order valence-corrected chi connectivity index (χ3v) is 1.03. The maximum atomic E-state index is 10.8. The predicted molar refractivity (Wildman–Crippen MR) is 63.7 cm³/mol. The van der Waals surface area contributed by atoms with Crippen LogP contribution >= 0.6 is 0 Å². The Morgan fingerprint density at radius 2 is 1.44 bits per heavy atom. The minimum absolute atomic E-state index is 0.224. The highest BCUT2D eigenvalue weighted by atomic mass is 16.2. The van der Waals surface area contributed by atoms with Crippen LogP contribution in [-0.4, -0.2) is 18.0 Å². The molecule has 0 heterocycles. The first-order valence-corrected chi connectivity index (χ1v) is 5.42. The van der Waals surface area contributed by atoms with Crippen molar-refractivity contribution in [1.82, 2.24) is 5.32 Å². The number of imide groups is 1. The van der Waals surface area contributed by atoms with Crippen molar-refractivity contribution in [1.29, 1.82) is 5.26 Å². The largest absolute Gasteiger partial charge is 0.373 e. The molecule has 0 spiro atoms. The number of amides is 2. The summed E-state index contributed by atoms with van der Waals surface area (Å²) in [6.07, 6.45) is -0.0154. The number of nitrogens with zero attached hydrogens (tertiary/aromatic N) is 1. The van der Waals surface area contributed by atoms with Crippen LogP contribution in [0.2, 0.25) is 0 Å². The van der Waals surface area contributed by atoms with Crippen LogP contribution in [0, 0.1) is 23.2 Å². The minimum Gasteiger partial charge on any atom is -0.295 e. The van der Waals surface area contributed by atoms with Gasteiger partial charge in [0.2, 0.25) is 11.8 Å². The van der Waals surface area contributed by atoms with Crippen LogP contribution in [0.4, 0.5) is 0 Å². The Kier molecular flexibility index (Phi) is 17.8. The Morgan fingerprint density at radius 3 is 1.67 bits per heavy atom. The van der Waals surface area contributed by atoms with Gasteiger partial charge in [0.15, 0.2) is 0 Å². The van der Waals surface area contributed by atoms with Crippen molar-refractivity contribution < 1.29 is 19.2 Å². The topological polar surface area (TPSA) is 104 Å². The van der Waals surface area contributed by atoms with Crippen LogP contribution in [0.25, 0.3) is 0 Å². The van der Waals surface area contributed by atoms with Crippen LogP contribution in [0.3, 0.4) is 0 Å². The Labute approximate surface area is 107 Å². The van der Waals surface area contributed by atoms with Crippen molar-refractivity contribution in [3.8, 4) is 6.07 Å². The highest BCUT2D eigenvalue weighted by molar-refractivity contribution is 5.96. The molecule has 0 saturated carbocycles. The summed E-state index contributed by atoms with van der Waals surface area (Å²) in [4.78, 5) is 37.6.